The Morgan fingerprint density at radius 2 is 2.07 bits per heavy atom. The molecule has 2 heterocycles. The number of nitrogens with one attached hydrogen (secondary N) is 2. The van der Waals surface area contributed by atoms with Gasteiger partial charge in [0.2, 0.25) is 0 Å². The van der Waals surface area contributed by atoms with E-state index in [1.54, 1.807) is 23.9 Å². The fraction of sp³-hybridized carbons (Fsp3) is 0.524. The van der Waals surface area contributed by atoms with Crippen LogP contribution in [0.5, 0.6) is 0 Å². The van der Waals surface area contributed by atoms with E-state index in [-0.39, 0.29) is 35.2 Å². The molecule has 2 aromatic rings. The molecule has 0 spiro atoms. The number of hydrogen-bond donors (Lipinski definition) is 2. The Labute approximate surface area is 188 Å². The second kappa shape index (κ2) is 8.99. The second-order valence-corrected chi connectivity index (χ2v) is 8.16. The number of nitrogens with zero attached hydrogens (tertiary/aromatic N) is 3. The summed E-state index contributed by atoms with van der Waals surface area (Å²) >= 11 is 0. The van der Waals surface area contributed by atoms with E-state index in [0.29, 0.717) is 18.1 Å². The average Bonchev–Trinajstić information content (AvgIpc) is 3.33. The van der Waals surface area contributed by atoms with E-state index in [4.69, 9.17) is 4.74 Å². The smallest absolute Gasteiger partial charge is 0.191 e. The maximum absolute atomic E-state index is 13.1. The molecule has 29 heavy (non-hydrogen) atoms. The molecule has 1 aliphatic heterocycles. The molecule has 1 aromatic carbocycles. The van der Waals surface area contributed by atoms with E-state index in [1.807, 2.05) is 12.3 Å². The fourth-order valence-electron chi connectivity index (χ4n) is 4.50. The van der Waals surface area contributed by atoms with Crippen LogP contribution in [0, 0.1) is 17.2 Å². The van der Waals surface area contributed by atoms with Crippen molar-refractivity contribution in [3.05, 3.63) is 48.0 Å². The van der Waals surface area contributed by atoms with Crippen LogP contribution in [-0.2, 0) is 11.2 Å². The highest BCUT2D eigenvalue weighted by molar-refractivity contribution is 14.0. The molecule has 0 amide bonds. The third-order valence-corrected chi connectivity index (χ3v) is 6.03. The van der Waals surface area contributed by atoms with Gasteiger partial charge in [-0.15, -0.1) is 24.0 Å². The number of rotatable bonds is 5. The Morgan fingerprint density at radius 1 is 1.31 bits per heavy atom. The van der Waals surface area contributed by atoms with Crippen LogP contribution in [-0.4, -0.2) is 48.1 Å². The number of aliphatic imine (C=N–C) groups is 1. The third-order valence-electron chi connectivity index (χ3n) is 6.03. The minimum Gasteiger partial charge on any atom is -0.377 e. The number of guanidine groups is 1. The molecule has 3 unspecified atom stereocenters. The summed E-state index contributed by atoms with van der Waals surface area (Å²) in [7, 11) is 1.80. The van der Waals surface area contributed by atoms with Gasteiger partial charge in [0.15, 0.2) is 5.96 Å². The molecule has 1 aromatic heterocycles. The molecule has 6 nitrogen and oxygen atoms in total. The van der Waals surface area contributed by atoms with Crippen molar-refractivity contribution in [2.24, 2.45) is 16.3 Å². The monoisotopic (exact) mass is 513 g/mol. The molecule has 2 N–H and O–H groups in total. The summed E-state index contributed by atoms with van der Waals surface area (Å²) in [6, 6.07) is 8.68. The van der Waals surface area contributed by atoms with Crippen molar-refractivity contribution in [2.45, 2.75) is 38.8 Å². The highest BCUT2D eigenvalue weighted by Crippen LogP contribution is 2.52. The van der Waals surface area contributed by atoms with Crippen molar-refractivity contribution in [3.8, 4) is 5.69 Å². The van der Waals surface area contributed by atoms with Gasteiger partial charge in [0.25, 0.3) is 0 Å². The molecule has 8 heteroatoms. The van der Waals surface area contributed by atoms with Gasteiger partial charge in [-0.2, -0.15) is 5.10 Å². The summed E-state index contributed by atoms with van der Waals surface area (Å²) in [6.07, 6.45) is 4.15. The zero-order valence-electron chi connectivity index (χ0n) is 17.1. The predicted molar refractivity (Wildman–Crippen MR) is 123 cm³/mol. The number of halogens is 2. The van der Waals surface area contributed by atoms with Crippen LogP contribution in [0.2, 0.25) is 0 Å². The standard InChI is InChI=1S/C21H28FN5O.HI/c1-21(2)18(17-10-13-28-19(17)21)25-20(23-3)24-11-8-15-9-12-27(26-15)16-6-4-14(22)5-7-16;/h4-7,9,12,17-19H,8,10-11,13H2,1-3H3,(H2,23,24,25);1H. The molecule has 0 bridgehead atoms. The average molecular weight is 513 g/mol. The Bertz CT molecular complexity index is 851. The molecule has 1 saturated carbocycles. The summed E-state index contributed by atoms with van der Waals surface area (Å²) in [4.78, 5) is 4.37. The van der Waals surface area contributed by atoms with Gasteiger partial charge in [-0.05, 0) is 36.8 Å². The molecule has 3 atom stereocenters. The number of benzene rings is 1. The van der Waals surface area contributed by atoms with Crippen LogP contribution in [0.3, 0.4) is 0 Å². The summed E-state index contributed by atoms with van der Waals surface area (Å²) in [5.74, 6) is 1.14. The largest absolute Gasteiger partial charge is 0.377 e. The first-order valence-corrected chi connectivity index (χ1v) is 9.88. The van der Waals surface area contributed by atoms with Gasteiger partial charge in [0.1, 0.15) is 5.82 Å². The number of ether oxygens (including phenoxy) is 1. The zero-order chi connectivity index (χ0) is 19.7. The molecule has 4 rings (SSSR count). The van der Waals surface area contributed by atoms with Crippen LogP contribution in [0.1, 0.15) is 26.0 Å². The maximum atomic E-state index is 13.1. The number of fused-ring (bicyclic) bond motifs is 1. The molecular weight excluding hydrogens is 484 g/mol. The third kappa shape index (κ3) is 4.42. The molecular formula is C21H29FIN5O. The Hall–Kier alpha value is -1.68. The van der Waals surface area contributed by atoms with Crippen LogP contribution in [0.15, 0.2) is 41.5 Å². The lowest BCUT2D eigenvalue weighted by Gasteiger charge is -2.54. The van der Waals surface area contributed by atoms with Crippen molar-refractivity contribution >= 4 is 29.9 Å². The minimum absolute atomic E-state index is 0. The highest BCUT2D eigenvalue weighted by Gasteiger charge is 2.59. The van der Waals surface area contributed by atoms with Crippen molar-refractivity contribution in [3.63, 3.8) is 0 Å². The highest BCUT2D eigenvalue weighted by atomic mass is 127. The normalized spacial score (nSPS) is 25.0. The number of hydrogen-bond acceptors (Lipinski definition) is 3. The lowest BCUT2D eigenvalue weighted by molar-refractivity contribution is -0.106. The van der Waals surface area contributed by atoms with Gasteiger partial charge < -0.3 is 15.4 Å². The molecule has 2 aliphatic rings. The first-order valence-electron chi connectivity index (χ1n) is 9.88. The van der Waals surface area contributed by atoms with E-state index in [2.05, 4.69) is 34.6 Å². The van der Waals surface area contributed by atoms with E-state index < -0.39 is 0 Å². The molecule has 1 saturated heterocycles. The Kier molecular flexibility index (Phi) is 6.83. The van der Waals surface area contributed by atoms with Gasteiger partial charge >= 0.3 is 0 Å². The molecule has 0 radical (unpaired) electrons. The summed E-state index contributed by atoms with van der Waals surface area (Å²) in [6.45, 7) is 6.11. The Balaban J connectivity index is 0.00000240. The van der Waals surface area contributed by atoms with Crippen molar-refractivity contribution in [2.75, 3.05) is 20.2 Å². The number of aromatic nitrogens is 2. The second-order valence-electron chi connectivity index (χ2n) is 8.16. The fourth-order valence-corrected chi connectivity index (χ4v) is 4.50. The van der Waals surface area contributed by atoms with E-state index >= 15 is 0 Å². The summed E-state index contributed by atoms with van der Waals surface area (Å²) in [5, 5.41) is 11.5. The van der Waals surface area contributed by atoms with Crippen molar-refractivity contribution < 1.29 is 9.13 Å². The van der Waals surface area contributed by atoms with Gasteiger partial charge in [-0.3, -0.25) is 4.99 Å². The van der Waals surface area contributed by atoms with E-state index in [9.17, 15) is 4.39 Å². The first-order chi connectivity index (χ1) is 13.5. The zero-order valence-corrected chi connectivity index (χ0v) is 19.4. The van der Waals surface area contributed by atoms with E-state index in [1.165, 1.54) is 12.1 Å². The lowest BCUT2D eigenvalue weighted by Crippen LogP contribution is -2.68. The molecule has 1 aliphatic carbocycles. The van der Waals surface area contributed by atoms with Gasteiger partial charge in [0, 0.05) is 50.2 Å². The quantitative estimate of drug-likeness (QED) is 0.367. The van der Waals surface area contributed by atoms with Gasteiger partial charge in [0.05, 0.1) is 17.5 Å². The minimum atomic E-state index is -0.246. The Morgan fingerprint density at radius 3 is 2.79 bits per heavy atom. The van der Waals surface area contributed by atoms with Crippen molar-refractivity contribution in [1.82, 2.24) is 20.4 Å². The van der Waals surface area contributed by atoms with Crippen LogP contribution in [0.4, 0.5) is 4.39 Å². The van der Waals surface area contributed by atoms with Gasteiger partial charge in [-0.25, -0.2) is 9.07 Å². The molecule has 158 valence electrons. The summed E-state index contributed by atoms with van der Waals surface area (Å²) in [5.41, 5.74) is 1.94. The van der Waals surface area contributed by atoms with Crippen LogP contribution >= 0.6 is 24.0 Å². The maximum Gasteiger partial charge on any atom is 0.191 e. The SMILES string of the molecule is CN=C(NCCc1ccn(-c2ccc(F)cc2)n1)NC1C2CCOC2C1(C)C.I. The van der Waals surface area contributed by atoms with E-state index in [0.717, 1.165) is 43.3 Å². The van der Waals surface area contributed by atoms with Crippen LogP contribution in [0.25, 0.3) is 5.69 Å². The first kappa shape index (κ1) is 22.0. The van der Waals surface area contributed by atoms with Crippen molar-refractivity contribution in [1.29, 1.82) is 0 Å². The predicted octanol–water partition coefficient (Wildman–Crippen LogP) is 3.15. The summed E-state index contributed by atoms with van der Waals surface area (Å²) < 4.78 is 20.7. The van der Waals surface area contributed by atoms with Gasteiger partial charge in [-0.1, -0.05) is 13.8 Å². The molecule has 2 fully saturated rings. The topological polar surface area (TPSA) is 63.5 Å². The van der Waals surface area contributed by atoms with Crippen LogP contribution < -0.4 is 10.6 Å². The lowest BCUT2D eigenvalue weighted by atomic mass is 9.57.